The van der Waals surface area contributed by atoms with Crippen LogP contribution in [0.5, 0.6) is 5.75 Å². The minimum absolute atomic E-state index is 0.0827. The number of ether oxygens (including phenoxy) is 1. The molecule has 0 atom stereocenters. The van der Waals surface area contributed by atoms with E-state index in [9.17, 15) is 9.59 Å². The number of aryl methyl sites for hydroxylation is 1. The molecule has 1 aromatic carbocycles. The van der Waals surface area contributed by atoms with Gasteiger partial charge in [-0.1, -0.05) is 12.1 Å². The summed E-state index contributed by atoms with van der Waals surface area (Å²) >= 11 is 0. The monoisotopic (exact) mass is 384 g/mol. The summed E-state index contributed by atoms with van der Waals surface area (Å²) < 4.78 is 5.68. The third-order valence-electron chi connectivity index (χ3n) is 6.83. The van der Waals surface area contributed by atoms with Crippen molar-refractivity contribution in [2.45, 2.75) is 51.9 Å². The molecule has 0 aromatic heterocycles. The van der Waals surface area contributed by atoms with Gasteiger partial charge < -0.3 is 15.4 Å². The van der Waals surface area contributed by atoms with E-state index < -0.39 is 0 Å². The molecule has 1 aromatic rings. The van der Waals surface area contributed by atoms with Crippen molar-refractivity contribution in [2.75, 3.05) is 19.7 Å². The van der Waals surface area contributed by atoms with Gasteiger partial charge in [-0.25, -0.2) is 0 Å². The molecule has 2 N–H and O–H groups in total. The van der Waals surface area contributed by atoms with E-state index in [0.29, 0.717) is 13.2 Å². The van der Waals surface area contributed by atoms with Gasteiger partial charge in [-0.2, -0.15) is 0 Å². The molecule has 0 spiro atoms. The first-order valence-electron chi connectivity index (χ1n) is 10.8. The number of rotatable bonds is 8. The SMILES string of the molecule is Cc1cccc(OCCCNC(=O)CNC(=O)C23CC4CC(CC(C4)C2)C3)c1. The van der Waals surface area contributed by atoms with Crippen molar-refractivity contribution in [3.05, 3.63) is 29.8 Å². The zero-order valence-corrected chi connectivity index (χ0v) is 16.8. The highest BCUT2D eigenvalue weighted by Crippen LogP contribution is 2.60. The van der Waals surface area contributed by atoms with Crippen LogP contribution in [0.25, 0.3) is 0 Å². The molecular weight excluding hydrogens is 352 g/mol. The predicted octanol–water partition coefficient (Wildman–Crippen LogP) is 3.21. The number of hydrogen-bond donors (Lipinski definition) is 2. The van der Waals surface area contributed by atoms with E-state index in [4.69, 9.17) is 4.74 Å². The van der Waals surface area contributed by atoms with Crippen LogP contribution in [0, 0.1) is 30.1 Å². The van der Waals surface area contributed by atoms with Crippen molar-refractivity contribution in [2.24, 2.45) is 23.2 Å². The average Bonchev–Trinajstić information content (AvgIpc) is 2.65. The van der Waals surface area contributed by atoms with E-state index in [1.807, 2.05) is 31.2 Å². The summed E-state index contributed by atoms with van der Waals surface area (Å²) in [4.78, 5) is 24.9. The summed E-state index contributed by atoms with van der Waals surface area (Å²) in [7, 11) is 0. The Morgan fingerprint density at radius 2 is 1.75 bits per heavy atom. The molecule has 0 unspecified atom stereocenters. The Balaban J connectivity index is 1.14. The molecule has 0 aliphatic heterocycles. The molecule has 0 heterocycles. The second-order valence-corrected chi connectivity index (χ2v) is 9.25. The Bertz CT molecular complexity index is 695. The first kappa shape index (κ1) is 19.3. The number of amides is 2. The maximum Gasteiger partial charge on any atom is 0.239 e. The minimum Gasteiger partial charge on any atom is -0.494 e. The van der Waals surface area contributed by atoms with Gasteiger partial charge in [0.2, 0.25) is 11.8 Å². The van der Waals surface area contributed by atoms with E-state index in [-0.39, 0.29) is 23.8 Å². The van der Waals surface area contributed by atoms with Gasteiger partial charge in [0.05, 0.1) is 13.2 Å². The average molecular weight is 385 g/mol. The highest BCUT2D eigenvalue weighted by Gasteiger charge is 2.54. The highest BCUT2D eigenvalue weighted by atomic mass is 16.5. The number of benzene rings is 1. The van der Waals surface area contributed by atoms with Crippen molar-refractivity contribution in [3.8, 4) is 5.75 Å². The van der Waals surface area contributed by atoms with Gasteiger partial charge in [-0.3, -0.25) is 9.59 Å². The first-order chi connectivity index (χ1) is 13.5. The lowest BCUT2D eigenvalue weighted by molar-refractivity contribution is -0.147. The molecule has 28 heavy (non-hydrogen) atoms. The standard InChI is InChI=1S/C23H32N2O3/c1-16-4-2-5-20(8-16)28-7-3-6-24-21(26)15-25-22(27)23-12-17-9-18(13-23)11-19(10-17)14-23/h2,4-5,8,17-19H,3,6-7,9-15H2,1H3,(H,24,26)(H,25,27). The molecule has 2 amide bonds. The third kappa shape index (κ3) is 4.34. The fraction of sp³-hybridized carbons (Fsp3) is 0.652. The maximum absolute atomic E-state index is 12.9. The summed E-state index contributed by atoms with van der Waals surface area (Å²) in [6.07, 6.45) is 7.78. The van der Waals surface area contributed by atoms with E-state index in [1.165, 1.54) is 24.8 Å². The number of carbonyl (C=O) groups is 2. The second kappa shape index (κ2) is 8.14. The second-order valence-electron chi connectivity index (χ2n) is 9.25. The van der Waals surface area contributed by atoms with Crippen molar-refractivity contribution in [1.82, 2.24) is 10.6 Å². The Kier molecular flexibility index (Phi) is 5.61. The van der Waals surface area contributed by atoms with E-state index >= 15 is 0 Å². The molecule has 5 nitrogen and oxygen atoms in total. The van der Waals surface area contributed by atoms with Crippen molar-refractivity contribution in [1.29, 1.82) is 0 Å². The lowest BCUT2D eigenvalue weighted by Gasteiger charge is -2.55. The van der Waals surface area contributed by atoms with E-state index in [2.05, 4.69) is 10.6 Å². The lowest BCUT2D eigenvalue weighted by atomic mass is 9.49. The van der Waals surface area contributed by atoms with Crippen molar-refractivity contribution >= 4 is 11.8 Å². The third-order valence-corrected chi connectivity index (χ3v) is 6.83. The van der Waals surface area contributed by atoms with Crippen LogP contribution in [0.1, 0.15) is 50.5 Å². The first-order valence-corrected chi connectivity index (χ1v) is 10.8. The fourth-order valence-corrected chi connectivity index (χ4v) is 5.99. The van der Waals surface area contributed by atoms with Gasteiger partial charge in [0.15, 0.2) is 0 Å². The van der Waals surface area contributed by atoms with Crippen LogP contribution in [-0.2, 0) is 9.59 Å². The van der Waals surface area contributed by atoms with Crippen molar-refractivity contribution in [3.63, 3.8) is 0 Å². The van der Waals surface area contributed by atoms with Crippen LogP contribution in [0.3, 0.4) is 0 Å². The van der Waals surface area contributed by atoms with Crippen LogP contribution in [0.15, 0.2) is 24.3 Å². The van der Waals surface area contributed by atoms with Gasteiger partial charge in [-0.05, 0) is 87.3 Å². The molecule has 152 valence electrons. The van der Waals surface area contributed by atoms with E-state index in [1.54, 1.807) is 0 Å². The maximum atomic E-state index is 12.9. The van der Waals surface area contributed by atoms with Crippen LogP contribution in [-0.4, -0.2) is 31.5 Å². The summed E-state index contributed by atoms with van der Waals surface area (Å²) in [5.74, 6) is 3.06. The Morgan fingerprint density at radius 1 is 1.07 bits per heavy atom. The van der Waals surface area contributed by atoms with Gasteiger partial charge in [0.25, 0.3) is 0 Å². The summed E-state index contributed by atoms with van der Waals surface area (Å²) in [5, 5.41) is 5.81. The molecule has 4 fully saturated rings. The Morgan fingerprint density at radius 3 is 2.39 bits per heavy atom. The molecule has 0 radical (unpaired) electrons. The largest absolute Gasteiger partial charge is 0.494 e. The summed E-state index contributed by atoms with van der Waals surface area (Å²) in [5.41, 5.74) is 0.983. The number of carbonyl (C=O) groups excluding carboxylic acids is 2. The zero-order chi connectivity index (χ0) is 19.6. The topological polar surface area (TPSA) is 67.4 Å². The summed E-state index contributed by atoms with van der Waals surface area (Å²) in [6.45, 7) is 3.23. The lowest BCUT2D eigenvalue weighted by Crippen LogP contribution is -2.54. The fourth-order valence-electron chi connectivity index (χ4n) is 5.99. The Hall–Kier alpha value is -2.04. The van der Waals surface area contributed by atoms with Gasteiger partial charge in [-0.15, -0.1) is 0 Å². The molecule has 5 rings (SSSR count). The highest BCUT2D eigenvalue weighted by molar-refractivity contribution is 5.88. The van der Waals surface area contributed by atoms with Gasteiger partial charge in [0, 0.05) is 12.0 Å². The van der Waals surface area contributed by atoms with E-state index in [0.717, 1.165) is 49.2 Å². The Labute approximate surface area is 167 Å². The smallest absolute Gasteiger partial charge is 0.239 e. The van der Waals surface area contributed by atoms with Crippen molar-refractivity contribution < 1.29 is 14.3 Å². The molecule has 4 bridgehead atoms. The number of nitrogens with one attached hydrogen (secondary N) is 2. The molecule has 0 saturated heterocycles. The van der Waals surface area contributed by atoms with Crippen LogP contribution in [0.2, 0.25) is 0 Å². The normalized spacial score (nSPS) is 30.1. The molecule has 5 heteroatoms. The van der Waals surface area contributed by atoms with Gasteiger partial charge in [0.1, 0.15) is 5.75 Å². The molecule has 4 aliphatic carbocycles. The number of hydrogen-bond acceptors (Lipinski definition) is 3. The van der Waals surface area contributed by atoms with Crippen LogP contribution in [0.4, 0.5) is 0 Å². The van der Waals surface area contributed by atoms with Gasteiger partial charge >= 0.3 is 0 Å². The quantitative estimate of drug-likeness (QED) is 0.676. The molecule has 4 saturated carbocycles. The van der Waals surface area contributed by atoms with Crippen LogP contribution < -0.4 is 15.4 Å². The summed E-state index contributed by atoms with van der Waals surface area (Å²) in [6, 6.07) is 7.94. The zero-order valence-electron chi connectivity index (χ0n) is 16.8. The van der Waals surface area contributed by atoms with Crippen LogP contribution >= 0.6 is 0 Å². The minimum atomic E-state index is -0.184. The predicted molar refractivity (Wildman–Crippen MR) is 108 cm³/mol. The molecular formula is C23H32N2O3. The molecule has 4 aliphatic rings.